The zero-order valence-corrected chi connectivity index (χ0v) is 3.85. The Balaban J connectivity index is 3.17. The molecule has 0 aliphatic rings. The van der Waals surface area contributed by atoms with Crippen molar-refractivity contribution in [2.45, 2.75) is 0 Å². The molecule has 0 aromatic heterocycles. The number of nitrogens with one attached hydrogen (secondary N) is 1. The molecule has 0 saturated heterocycles. The maximum absolute atomic E-state index is 9.64. The van der Waals surface area contributed by atoms with Crippen molar-refractivity contribution in [3.05, 3.63) is 12.2 Å². The summed E-state index contributed by atoms with van der Waals surface area (Å²) in [6, 6.07) is 0. The van der Waals surface area contributed by atoms with E-state index in [1.165, 1.54) is 0 Å². The molecule has 40 valence electrons. The van der Waals surface area contributed by atoms with Crippen LogP contribution in [0.4, 0.5) is 0 Å². The predicted molar refractivity (Wildman–Crippen MR) is 25.0 cm³/mol. The third-order valence-electron chi connectivity index (χ3n) is 0.473. The van der Waals surface area contributed by atoms with Gasteiger partial charge in [-0.2, -0.15) is 0 Å². The summed E-state index contributed by atoms with van der Waals surface area (Å²) in [6.45, 7) is 3.41. The van der Waals surface area contributed by atoms with E-state index in [0.717, 1.165) is 0 Å². The molecule has 3 heteroatoms. The van der Waals surface area contributed by atoms with E-state index in [1.807, 2.05) is 0 Å². The molecule has 7 heavy (non-hydrogen) atoms. The molecule has 0 radical (unpaired) electrons. The molecule has 0 bridgehead atoms. The van der Waals surface area contributed by atoms with Gasteiger partial charge in [0.15, 0.2) is 0 Å². The average Bonchev–Trinajstić information content (AvgIpc) is 1.68. The first-order chi connectivity index (χ1) is 3.31. The van der Waals surface area contributed by atoms with Crippen LogP contribution in [0.15, 0.2) is 12.2 Å². The molecule has 0 aromatic carbocycles. The summed E-state index contributed by atoms with van der Waals surface area (Å²) in [5.41, 5.74) is 2.12. The standard InChI is InChI=1S/C4H7NO2/c1-4(3-6)2-5-7/h3,5,7H,1-2H2. The second-order valence-corrected chi connectivity index (χ2v) is 1.11. The topological polar surface area (TPSA) is 49.3 Å². The summed E-state index contributed by atoms with van der Waals surface area (Å²) in [6.07, 6.45) is 0.587. The van der Waals surface area contributed by atoms with Gasteiger partial charge in [-0.1, -0.05) is 6.58 Å². The second kappa shape index (κ2) is 3.52. The van der Waals surface area contributed by atoms with E-state index in [1.54, 1.807) is 5.48 Å². The van der Waals surface area contributed by atoms with Crippen LogP contribution in [0.1, 0.15) is 0 Å². The molecule has 0 saturated carbocycles. The number of rotatable bonds is 3. The normalized spacial score (nSPS) is 8.14. The molecule has 3 nitrogen and oxygen atoms in total. The Morgan fingerprint density at radius 2 is 2.57 bits per heavy atom. The highest BCUT2D eigenvalue weighted by molar-refractivity contribution is 5.72. The average molecular weight is 101 g/mol. The Kier molecular flexibility index (Phi) is 3.18. The third-order valence-corrected chi connectivity index (χ3v) is 0.473. The predicted octanol–water partition coefficient (Wildman–Crippen LogP) is -0.280. The van der Waals surface area contributed by atoms with Crippen LogP contribution in [-0.4, -0.2) is 18.0 Å². The minimum absolute atomic E-state index is 0.142. The molecule has 0 atom stereocenters. The monoisotopic (exact) mass is 101 g/mol. The van der Waals surface area contributed by atoms with Gasteiger partial charge in [0.2, 0.25) is 0 Å². The Morgan fingerprint density at radius 3 is 2.71 bits per heavy atom. The van der Waals surface area contributed by atoms with Gasteiger partial charge in [0.1, 0.15) is 6.29 Å². The molecule has 0 aromatic rings. The molecule has 0 aliphatic heterocycles. The summed E-state index contributed by atoms with van der Waals surface area (Å²) in [5, 5.41) is 7.90. The van der Waals surface area contributed by atoms with E-state index in [-0.39, 0.29) is 6.54 Å². The van der Waals surface area contributed by atoms with Crippen molar-refractivity contribution in [2.75, 3.05) is 6.54 Å². The molecule has 0 heterocycles. The van der Waals surface area contributed by atoms with Crippen LogP contribution in [0.5, 0.6) is 0 Å². The molecule has 0 rings (SSSR count). The van der Waals surface area contributed by atoms with Crippen LogP contribution in [0.2, 0.25) is 0 Å². The van der Waals surface area contributed by atoms with Crippen LogP contribution >= 0.6 is 0 Å². The smallest absolute Gasteiger partial charge is 0.146 e. The van der Waals surface area contributed by atoms with Gasteiger partial charge in [-0.3, -0.25) is 4.79 Å². The number of carbonyl (C=O) groups excluding carboxylic acids is 1. The van der Waals surface area contributed by atoms with E-state index in [4.69, 9.17) is 5.21 Å². The Morgan fingerprint density at radius 1 is 2.00 bits per heavy atom. The lowest BCUT2D eigenvalue weighted by atomic mass is 10.3. The molecule has 0 spiro atoms. The summed E-state index contributed by atoms with van der Waals surface area (Å²) >= 11 is 0. The highest BCUT2D eigenvalue weighted by atomic mass is 16.5. The lowest BCUT2D eigenvalue weighted by Gasteiger charge is -1.88. The maximum atomic E-state index is 9.64. The van der Waals surface area contributed by atoms with Crippen molar-refractivity contribution in [1.29, 1.82) is 0 Å². The van der Waals surface area contributed by atoms with Gasteiger partial charge in [0.05, 0.1) is 0 Å². The third kappa shape index (κ3) is 3.15. The highest BCUT2D eigenvalue weighted by Gasteiger charge is 1.83. The fourth-order valence-corrected chi connectivity index (χ4v) is 0.143. The molecule has 0 aliphatic carbocycles. The summed E-state index contributed by atoms with van der Waals surface area (Å²) < 4.78 is 0. The number of hydrogen-bond donors (Lipinski definition) is 2. The van der Waals surface area contributed by atoms with Crippen molar-refractivity contribution in [3.63, 3.8) is 0 Å². The van der Waals surface area contributed by atoms with E-state index in [2.05, 4.69) is 6.58 Å². The summed E-state index contributed by atoms with van der Waals surface area (Å²) in [5.74, 6) is 0. The second-order valence-electron chi connectivity index (χ2n) is 1.11. The van der Waals surface area contributed by atoms with Gasteiger partial charge in [-0.15, -0.1) is 0 Å². The molecule has 0 fully saturated rings. The lowest BCUT2D eigenvalue weighted by Crippen LogP contribution is -2.10. The maximum Gasteiger partial charge on any atom is 0.146 e. The van der Waals surface area contributed by atoms with Gasteiger partial charge in [-0.25, -0.2) is 5.48 Å². The lowest BCUT2D eigenvalue weighted by molar-refractivity contribution is -0.105. The first-order valence-corrected chi connectivity index (χ1v) is 1.81. The van der Waals surface area contributed by atoms with Crippen LogP contribution in [-0.2, 0) is 4.79 Å². The molecular weight excluding hydrogens is 94.0 g/mol. The van der Waals surface area contributed by atoms with Gasteiger partial charge in [-0.05, 0) is 0 Å². The van der Waals surface area contributed by atoms with Crippen molar-refractivity contribution >= 4 is 6.29 Å². The Hall–Kier alpha value is -0.670. The number of carbonyl (C=O) groups is 1. The van der Waals surface area contributed by atoms with Gasteiger partial charge >= 0.3 is 0 Å². The van der Waals surface area contributed by atoms with Crippen molar-refractivity contribution < 1.29 is 10.0 Å². The van der Waals surface area contributed by atoms with E-state index in [0.29, 0.717) is 11.9 Å². The van der Waals surface area contributed by atoms with Crippen LogP contribution in [0.3, 0.4) is 0 Å². The number of aldehydes is 1. The molecule has 0 amide bonds. The minimum atomic E-state index is 0.142. The van der Waals surface area contributed by atoms with E-state index >= 15 is 0 Å². The van der Waals surface area contributed by atoms with Crippen LogP contribution < -0.4 is 5.48 Å². The molecule has 2 N–H and O–H groups in total. The van der Waals surface area contributed by atoms with Gasteiger partial charge < -0.3 is 5.21 Å². The zero-order valence-electron chi connectivity index (χ0n) is 3.85. The van der Waals surface area contributed by atoms with Crippen LogP contribution in [0.25, 0.3) is 0 Å². The summed E-state index contributed by atoms with van der Waals surface area (Å²) in [7, 11) is 0. The SMILES string of the molecule is C=C(C=O)CNO. The van der Waals surface area contributed by atoms with Crippen LogP contribution in [0, 0.1) is 0 Å². The van der Waals surface area contributed by atoms with Crippen molar-refractivity contribution in [3.8, 4) is 0 Å². The zero-order chi connectivity index (χ0) is 5.70. The summed E-state index contributed by atoms with van der Waals surface area (Å²) in [4.78, 5) is 9.64. The van der Waals surface area contributed by atoms with E-state index < -0.39 is 0 Å². The number of hydrogen-bond acceptors (Lipinski definition) is 3. The Bertz CT molecular complexity index is 79.8. The molecular formula is C4H7NO2. The number of hydroxylamine groups is 1. The highest BCUT2D eigenvalue weighted by Crippen LogP contribution is 1.74. The van der Waals surface area contributed by atoms with Crippen molar-refractivity contribution in [1.82, 2.24) is 5.48 Å². The first-order valence-electron chi connectivity index (χ1n) is 1.81. The van der Waals surface area contributed by atoms with Gasteiger partial charge in [0.25, 0.3) is 0 Å². The largest absolute Gasteiger partial charge is 0.316 e. The fourth-order valence-electron chi connectivity index (χ4n) is 0.143. The van der Waals surface area contributed by atoms with E-state index in [9.17, 15) is 4.79 Å². The fraction of sp³-hybridized carbons (Fsp3) is 0.250. The molecule has 0 unspecified atom stereocenters. The quantitative estimate of drug-likeness (QED) is 0.292. The first kappa shape index (κ1) is 6.33. The minimum Gasteiger partial charge on any atom is -0.316 e. The van der Waals surface area contributed by atoms with Crippen molar-refractivity contribution in [2.24, 2.45) is 0 Å². The Labute approximate surface area is 41.6 Å². The van der Waals surface area contributed by atoms with Gasteiger partial charge in [0, 0.05) is 12.1 Å².